The van der Waals surface area contributed by atoms with E-state index in [-0.39, 0.29) is 5.56 Å². The minimum absolute atomic E-state index is 0.125. The third kappa shape index (κ3) is 3.58. The Kier molecular flexibility index (Phi) is 5.43. The number of halogens is 1. The van der Waals surface area contributed by atoms with E-state index < -0.39 is 0 Å². The Balaban J connectivity index is 1.93. The lowest BCUT2D eigenvalue weighted by Crippen LogP contribution is -2.21. The summed E-state index contributed by atoms with van der Waals surface area (Å²) in [4.78, 5) is 18.5. The highest BCUT2D eigenvalue weighted by Crippen LogP contribution is 2.39. The van der Waals surface area contributed by atoms with Gasteiger partial charge in [-0.3, -0.25) is 9.47 Å². The third-order valence-electron chi connectivity index (χ3n) is 5.98. The van der Waals surface area contributed by atoms with Crippen molar-refractivity contribution < 1.29 is 0 Å². The van der Waals surface area contributed by atoms with Crippen molar-refractivity contribution in [3.8, 4) is 22.5 Å². The Bertz CT molecular complexity index is 1550. The van der Waals surface area contributed by atoms with E-state index in [0.29, 0.717) is 10.7 Å². The number of aromatic nitrogens is 3. The van der Waals surface area contributed by atoms with Gasteiger partial charge in [0.15, 0.2) is 0 Å². The van der Waals surface area contributed by atoms with Crippen molar-refractivity contribution >= 4 is 33.5 Å². The number of rotatable bonds is 5. The van der Waals surface area contributed by atoms with Gasteiger partial charge in [0.05, 0.1) is 22.2 Å². The molecular weight excluding hydrogens is 432 g/mol. The van der Waals surface area contributed by atoms with Crippen LogP contribution in [0.15, 0.2) is 71.5 Å². The molecule has 0 aliphatic rings. The Morgan fingerprint density at radius 1 is 1.00 bits per heavy atom. The lowest BCUT2D eigenvalue weighted by molar-refractivity contribution is 0.837. The Morgan fingerprint density at radius 2 is 1.76 bits per heavy atom. The Labute approximate surface area is 197 Å². The number of nitrogens with one attached hydrogen (secondary N) is 1. The zero-order valence-electron chi connectivity index (χ0n) is 18.9. The van der Waals surface area contributed by atoms with Crippen LogP contribution in [0.2, 0.25) is 5.02 Å². The second-order valence-corrected chi connectivity index (χ2v) is 8.74. The maximum atomic E-state index is 13.6. The number of nitrogens with zero attached hydrogens (tertiary/aromatic N) is 3. The molecule has 33 heavy (non-hydrogen) atoms. The molecule has 0 atom stereocenters. The molecule has 1 N–H and O–H groups in total. The van der Waals surface area contributed by atoms with Crippen LogP contribution in [-0.4, -0.2) is 20.8 Å². The monoisotopic (exact) mass is 456 g/mol. The van der Waals surface area contributed by atoms with Crippen LogP contribution < -0.4 is 11.0 Å². The van der Waals surface area contributed by atoms with E-state index in [9.17, 15) is 4.79 Å². The molecule has 0 saturated heterocycles. The maximum Gasteiger partial charge on any atom is 0.277 e. The van der Waals surface area contributed by atoms with E-state index >= 15 is 0 Å². The van der Waals surface area contributed by atoms with Crippen molar-refractivity contribution in [1.82, 2.24) is 14.2 Å². The summed E-state index contributed by atoms with van der Waals surface area (Å²) in [5, 5.41) is 1.64. The van der Waals surface area contributed by atoms with E-state index in [2.05, 4.69) is 29.2 Å². The lowest BCUT2D eigenvalue weighted by Gasteiger charge is -2.15. The quantitative estimate of drug-likeness (QED) is 0.345. The fraction of sp³-hybridized carbons (Fsp3) is 0.185. The van der Waals surface area contributed by atoms with Crippen molar-refractivity contribution in [2.45, 2.75) is 20.3 Å². The smallest absolute Gasteiger partial charge is 0.277 e. The second-order valence-electron chi connectivity index (χ2n) is 8.31. The zero-order chi connectivity index (χ0) is 23.1. The molecule has 166 valence electrons. The molecule has 0 fully saturated rings. The summed E-state index contributed by atoms with van der Waals surface area (Å²) in [5.41, 5.74) is 10.2. The summed E-state index contributed by atoms with van der Waals surface area (Å²) >= 11 is 6.20. The van der Waals surface area contributed by atoms with Gasteiger partial charge in [-0.2, -0.15) is 0 Å². The van der Waals surface area contributed by atoms with E-state index in [1.807, 2.05) is 68.6 Å². The van der Waals surface area contributed by atoms with Gasteiger partial charge in [0, 0.05) is 35.1 Å². The van der Waals surface area contributed by atoms with Gasteiger partial charge in [0.25, 0.3) is 5.56 Å². The first kappa shape index (κ1) is 21.3. The molecule has 0 radical (unpaired) electrons. The molecule has 3 aromatic carbocycles. The summed E-state index contributed by atoms with van der Waals surface area (Å²) in [6, 6.07) is 21.8. The molecule has 0 unspecified atom stereocenters. The predicted molar refractivity (Wildman–Crippen MR) is 138 cm³/mol. The molecular formula is C27H25ClN4O. The fourth-order valence-electron chi connectivity index (χ4n) is 4.35. The van der Waals surface area contributed by atoms with Crippen LogP contribution in [0.5, 0.6) is 0 Å². The molecule has 0 bridgehead atoms. The highest BCUT2D eigenvalue weighted by molar-refractivity contribution is 6.30. The standard InChI is InChI=1S/C27H25ClN4O/c1-4-15-29-32-22-8-6-5-7-20(22)24(26(32)18-10-12-19(28)13-11-18)25-27(33)31(3)23-14-9-17(2)16-21(23)30-25/h5-14,16,29H,4,15H2,1-3H3. The molecule has 0 amide bonds. The summed E-state index contributed by atoms with van der Waals surface area (Å²) in [6.07, 6.45) is 0.969. The van der Waals surface area contributed by atoms with Crippen molar-refractivity contribution in [1.29, 1.82) is 0 Å². The van der Waals surface area contributed by atoms with E-state index in [4.69, 9.17) is 16.6 Å². The highest BCUT2D eigenvalue weighted by Gasteiger charge is 2.24. The highest BCUT2D eigenvalue weighted by atomic mass is 35.5. The second kappa shape index (κ2) is 8.41. The molecule has 0 saturated carbocycles. The van der Waals surface area contributed by atoms with E-state index in [1.165, 1.54) is 0 Å². The number of hydrogen-bond donors (Lipinski definition) is 1. The molecule has 5 rings (SSSR count). The van der Waals surface area contributed by atoms with Crippen LogP contribution in [-0.2, 0) is 7.05 Å². The average Bonchev–Trinajstić information content (AvgIpc) is 3.14. The first-order chi connectivity index (χ1) is 16.0. The zero-order valence-corrected chi connectivity index (χ0v) is 19.6. The minimum atomic E-state index is -0.125. The SMILES string of the molecule is CCCNn1c(-c2ccc(Cl)cc2)c(-c2nc3cc(C)ccc3n(C)c2=O)c2ccccc21. The van der Waals surface area contributed by atoms with Crippen LogP contribution in [0.4, 0.5) is 0 Å². The van der Waals surface area contributed by atoms with Crippen molar-refractivity contribution in [2.75, 3.05) is 12.0 Å². The molecule has 2 aromatic heterocycles. The van der Waals surface area contributed by atoms with Gasteiger partial charge >= 0.3 is 0 Å². The van der Waals surface area contributed by atoms with Crippen LogP contribution in [0.3, 0.4) is 0 Å². The molecule has 5 aromatic rings. The summed E-state index contributed by atoms with van der Waals surface area (Å²) < 4.78 is 3.77. The Morgan fingerprint density at radius 3 is 2.52 bits per heavy atom. The van der Waals surface area contributed by atoms with Crippen molar-refractivity contribution in [3.63, 3.8) is 0 Å². The van der Waals surface area contributed by atoms with Crippen LogP contribution >= 0.6 is 11.6 Å². The third-order valence-corrected chi connectivity index (χ3v) is 6.23. The number of fused-ring (bicyclic) bond motifs is 2. The van der Waals surface area contributed by atoms with Crippen molar-refractivity contribution in [2.24, 2.45) is 7.05 Å². The lowest BCUT2D eigenvalue weighted by atomic mass is 10.0. The van der Waals surface area contributed by atoms with Gasteiger partial charge in [-0.1, -0.05) is 54.9 Å². The summed E-state index contributed by atoms with van der Waals surface area (Å²) in [7, 11) is 1.81. The number of para-hydroxylation sites is 1. The molecule has 6 heteroatoms. The van der Waals surface area contributed by atoms with Crippen LogP contribution in [0.25, 0.3) is 44.5 Å². The van der Waals surface area contributed by atoms with Gasteiger partial charge in [-0.15, -0.1) is 0 Å². The normalized spacial score (nSPS) is 11.4. The Hall–Kier alpha value is -3.57. The molecule has 0 aliphatic heterocycles. The molecule has 0 spiro atoms. The average molecular weight is 457 g/mol. The van der Waals surface area contributed by atoms with E-state index in [0.717, 1.165) is 57.3 Å². The van der Waals surface area contributed by atoms with Crippen LogP contribution in [0.1, 0.15) is 18.9 Å². The summed E-state index contributed by atoms with van der Waals surface area (Å²) in [5.74, 6) is 0. The predicted octanol–water partition coefficient (Wildman–Crippen LogP) is 6.14. The first-order valence-electron chi connectivity index (χ1n) is 11.1. The van der Waals surface area contributed by atoms with Gasteiger partial charge in [0.2, 0.25) is 0 Å². The number of aryl methyl sites for hydroxylation is 2. The van der Waals surface area contributed by atoms with Gasteiger partial charge in [0.1, 0.15) is 5.69 Å². The fourth-order valence-corrected chi connectivity index (χ4v) is 4.48. The van der Waals surface area contributed by atoms with Crippen molar-refractivity contribution in [3.05, 3.63) is 87.7 Å². The van der Waals surface area contributed by atoms with E-state index in [1.54, 1.807) is 4.57 Å². The maximum absolute atomic E-state index is 13.6. The first-order valence-corrected chi connectivity index (χ1v) is 11.5. The molecule has 5 nitrogen and oxygen atoms in total. The largest absolute Gasteiger partial charge is 0.325 e. The minimum Gasteiger partial charge on any atom is -0.325 e. The number of benzene rings is 3. The topological polar surface area (TPSA) is 51.9 Å². The summed E-state index contributed by atoms with van der Waals surface area (Å²) in [6.45, 7) is 4.96. The molecule has 2 heterocycles. The number of hydrogen-bond acceptors (Lipinski definition) is 3. The molecule has 0 aliphatic carbocycles. The van der Waals surface area contributed by atoms with Gasteiger partial charge in [-0.05, 0) is 49.2 Å². The van der Waals surface area contributed by atoms with Gasteiger partial charge in [-0.25, -0.2) is 4.98 Å². The van der Waals surface area contributed by atoms with Crippen LogP contribution in [0, 0.1) is 6.92 Å². The van der Waals surface area contributed by atoms with Gasteiger partial charge < -0.3 is 9.99 Å².